The summed E-state index contributed by atoms with van der Waals surface area (Å²) in [5, 5.41) is 7.92. The van der Waals surface area contributed by atoms with Crippen molar-refractivity contribution in [2.45, 2.75) is 6.92 Å². The fourth-order valence-corrected chi connectivity index (χ4v) is 1.48. The third kappa shape index (κ3) is 6.10. The summed E-state index contributed by atoms with van der Waals surface area (Å²) in [4.78, 5) is 22.0. The van der Waals surface area contributed by atoms with Gasteiger partial charge in [0.1, 0.15) is 0 Å². The van der Waals surface area contributed by atoms with Gasteiger partial charge in [-0.3, -0.25) is 4.79 Å². The Kier molecular flexibility index (Phi) is 5.75. The molecule has 1 rings (SSSR count). The third-order valence-electron chi connectivity index (χ3n) is 1.89. The zero-order valence-electron chi connectivity index (χ0n) is 9.42. The first kappa shape index (κ1) is 13.8. The van der Waals surface area contributed by atoms with Crippen LogP contribution in [-0.4, -0.2) is 25.0 Å². The van der Waals surface area contributed by atoms with Gasteiger partial charge in [-0.15, -0.1) is 0 Å². The van der Waals surface area contributed by atoms with Crippen LogP contribution in [0.5, 0.6) is 0 Å². The van der Waals surface area contributed by atoms with Crippen molar-refractivity contribution in [1.29, 1.82) is 0 Å². The van der Waals surface area contributed by atoms with Gasteiger partial charge in [-0.25, -0.2) is 4.79 Å². The number of nitrogens with one attached hydrogen (secondary N) is 3. The smallest absolute Gasteiger partial charge is 0.319 e. The zero-order chi connectivity index (χ0) is 12.7. The average Bonchev–Trinajstić information content (AvgIpc) is 2.27. The van der Waals surface area contributed by atoms with Crippen molar-refractivity contribution < 1.29 is 9.59 Å². The van der Waals surface area contributed by atoms with E-state index in [0.717, 1.165) is 9.26 Å². The summed E-state index contributed by atoms with van der Waals surface area (Å²) in [5.74, 6) is -0.107. The van der Waals surface area contributed by atoms with Crippen LogP contribution >= 0.6 is 22.6 Å². The van der Waals surface area contributed by atoms with Crippen molar-refractivity contribution in [2.24, 2.45) is 0 Å². The first-order valence-electron chi connectivity index (χ1n) is 5.13. The predicted molar refractivity (Wildman–Crippen MR) is 74.9 cm³/mol. The van der Waals surface area contributed by atoms with E-state index < -0.39 is 0 Å². The van der Waals surface area contributed by atoms with Gasteiger partial charge < -0.3 is 16.0 Å². The van der Waals surface area contributed by atoms with Crippen molar-refractivity contribution in [3.63, 3.8) is 0 Å². The molecule has 5 nitrogen and oxygen atoms in total. The van der Waals surface area contributed by atoms with Crippen LogP contribution in [0, 0.1) is 3.57 Å². The highest BCUT2D eigenvalue weighted by atomic mass is 127. The monoisotopic (exact) mass is 347 g/mol. The second-order valence-corrected chi connectivity index (χ2v) is 4.62. The number of anilines is 1. The number of hydrogen-bond acceptors (Lipinski definition) is 2. The van der Waals surface area contributed by atoms with Crippen molar-refractivity contribution in [2.75, 3.05) is 18.4 Å². The Balaban J connectivity index is 2.25. The highest BCUT2D eigenvalue weighted by Crippen LogP contribution is 2.10. The molecule has 0 aliphatic heterocycles. The van der Waals surface area contributed by atoms with Gasteiger partial charge in [-0.1, -0.05) is 0 Å². The number of rotatable bonds is 4. The first-order chi connectivity index (χ1) is 8.08. The molecule has 0 saturated heterocycles. The number of urea groups is 1. The number of carbonyl (C=O) groups excluding carboxylic acids is 2. The molecule has 3 amide bonds. The van der Waals surface area contributed by atoms with Crippen LogP contribution in [0.4, 0.5) is 10.5 Å². The number of hydrogen-bond donors (Lipinski definition) is 3. The summed E-state index contributed by atoms with van der Waals surface area (Å²) in [6.07, 6.45) is 0. The maximum absolute atomic E-state index is 11.4. The quantitative estimate of drug-likeness (QED) is 0.571. The van der Waals surface area contributed by atoms with Gasteiger partial charge in [0.2, 0.25) is 5.91 Å². The largest absolute Gasteiger partial charge is 0.355 e. The minimum absolute atomic E-state index is 0.107. The summed E-state index contributed by atoms with van der Waals surface area (Å²) >= 11 is 2.20. The SMILES string of the molecule is CC(=O)NCCNC(=O)Nc1ccc(I)cc1. The maximum Gasteiger partial charge on any atom is 0.319 e. The molecule has 0 fully saturated rings. The normalized spacial score (nSPS) is 9.53. The molecule has 0 unspecified atom stereocenters. The van der Waals surface area contributed by atoms with E-state index in [1.165, 1.54) is 6.92 Å². The molecule has 0 atom stereocenters. The zero-order valence-corrected chi connectivity index (χ0v) is 11.6. The molecule has 6 heteroatoms. The molecule has 1 aromatic carbocycles. The van der Waals surface area contributed by atoms with E-state index in [4.69, 9.17) is 0 Å². The van der Waals surface area contributed by atoms with E-state index in [1.54, 1.807) is 0 Å². The lowest BCUT2D eigenvalue weighted by Gasteiger charge is -2.07. The van der Waals surface area contributed by atoms with E-state index in [0.29, 0.717) is 13.1 Å². The summed E-state index contributed by atoms with van der Waals surface area (Å²) < 4.78 is 1.11. The number of halogens is 1. The van der Waals surface area contributed by atoms with E-state index in [-0.39, 0.29) is 11.9 Å². The van der Waals surface area contributed by atoms with Crippen molar-refractivity contribution >= 4 is 40.2 Å². The topological polar surface area (TPSA) is 70.2 Å². The van der Waals surface area contributed by atoms with Crippen molar-refractivity contribution in [3.05, 3.63) is 27.8 Å². The van der Waals surface area contributed by atoms with Crippen molar-refractivity contribution in [1.82, 2.24) is 10.6 Å². The van der Waals surface area contributed by atoms with Crippen LogP contribution in [0.2, 0.25) is 0 Å². The number of benzene rings is 1. The molecule has 0 saturated carbocycles. The van der Waals surface area contributed by atoms with Gasteiger partial charge in [-0.2, -0.15) is 0 Å². The van der Waals surface area contributed by atoms with Gasteiger partial charge in [-0.05, 0) is 46.9 Å². The van der Waals surface area contributed by atoms with Crippen molar-refractivity contribution in [3.8, 4) is 0 Å². The Bertz CT molecular complexity index is 392. The van der Waals surface area contributed by atoms with E-state index in [2.05, 4.69) is 38.5 Å². The van der Waals surface area contributed by atoms with Crippen LogP contribution in [0.3, 0.4) is 0 Å². The average molecular weight is 347 g/mol. The molecule has 92 valence electrons. The van der Waals surface area contributed by atoms with Crippen LogP contribution in [-0.2, 0) is 4.79 Å². The lowest BCUT2D eigenvalue weighted by atomic mass is 10.3. The highest BCUT2D eigenvalue weighted by molar-refractivity contribution is 14.1. The summed E-state index contributed by atoms with van der Waals surface area (Å²) in [6.45, 7) is 2.26. The Morgan fingerprint density at radius 3 is 2.29 bits per heavy atom. The second kappa shape index (κ2) is 7.10. The Morgan fingerprint density at radius 1 is 1.12 bits per heavy atom. The number of carbonyl (C=O) groups is 2. The molecule has 1 aromatic rings. The molecular formula is C11H14IN3O2. The Morgan fingerprint density at radius 2 is 1.71 bits per heavy atom. The van der Waals surface area contributed by atoms with E-state index in [1.807, 2.05) is 24.3 Å². The van der Waals surface area contributed by atoms with E-state index in [9.17, 15) is 9.59 Å². The molecule has 0 heterocycles. The molecule has 0 spiro atoms. The Hall–Kier alpha value is -1.31. The molecule has 0 bridgehead atoms. The highest BCUT2D eigenvalue weighted by Gasteiger charge is 2.00. The minimum Gasteiger partial charge on any atom is -0.355 e. The molecular weight excluding hydrogens is 333 g/mol. The molecule has 3 N–H and O–H groups in total. The third-order valence-corrected chi connectivity index (χ3v) is 2.61. The minimum atomic E-state index is -0.281. The van der Waals surface area contributed by atoms with Gasteiger partial charge in [0, 0.05) is 29.3 Å². The summed E-state index contributed by atoms with van der Waals surface area (Å²) in [7, 11) is 0. The van der Waals surface area contributed by atoms with Gasteiger partial charge in [0.05, 0.1) is 0 Å². The first-order valence-corrected chi connectivity index (χ1v) is 6.20. The van der Waals surface area contributed by atoms with Gasteiger partial charge in [0.25, 0.3) is 0 Å². The van der Waals surface area contributed by atoms with E-state index >= 15 is 0 Å². The molecule has 0 aliphatic carbocycles. The predicted octanol–water partition coefficient (Wildman–Crippen LogP) is 1.55. The van der Waals surface area contributed by atoms with Gasteiger partial charge >= 0.3 is 6.03 Å². The van der Waals surface area contributed by atoms with Crippen LogP contribution < -0.4 is 16.0 Å². The molecule has 0 aliphatic rings. The standard InChI is InChI=1S/C11H14IN3O2/c1-8(16)13-6-7-14-11(17)15-10-4-2-9(12)3-5-10/h2-5H,6-7H2,1H3,(H,13,16)(H2,14,15,17). The summed E-state index contributed by atoms with van der Waals surface area (Å²) in [5.41, 5.74) is 0.738. The molecule has 0 aromatic heterocycles. The van der Waals surface area contributed by atoms with Gasteiger partial charge in [0.15, 0.2) is 0 Å². The van der Waals surface area contributed by atoms with Crippen LogP contribution in [0.25, 0.3) is 0 Å². The molecule has 17 heavy (non-hydrogen) atoms. The van der Waals surface area contributed by atoms with Crippen LogP contribution in [0.1, 0.15) is 6.92 Å². The Labute approximate surface area is 113 Å². The number of amides is 3. The lowest BCUT2D eigenvalue weighted by molar-refractivity contribution is -0.118. The van der Waals surface area contributed by atoms with Crippen LogP contribution in [0.15, 0.2) is 24.3 Å². The fraction of sp³-hybridized carbons (Fsp3) is 0.273. The fourth-order valence-electron chi connectivity index (χ4n) is 1.12. The molecule has 0 radical (unpaired) electrons. The second-order valence-electron chi connectivity index (χ2n) is 3.37. The summed E-state index contributed by atoms with van der Waals surface area (Å²) in [6, 6.07) is 7.20. The lowest BCUT2D eigenvalue weighted by Crippen LogP contribution is -2.36. The maximum atomic E-state index is 11.4.